The Morgan fingerprint density at radius 2 is 1.94 bits per heavy atom. The van der Waals surface area contributed by atoms with Crippen LogP contribution in [0.4, 0.5) is 0 Å². The van der Waals surface area contributed by atoms with Gasteiger partial charge >= 0.3 is 122 Å². The van der Waals surface area contributed by atoms with Crippen LogP contribution in [0.3, 0.4) is 0 Å². The van der Waals surface area contributed by atoms with Crippen molar-refractivity contribution in [1.29, 1.82) is 0 Å². The van der Waals surface area contributed by atoms with E-state index in [0.717, 1.165) is 10.4 Å². The van der Waals surface area contributed by atoms with E-state index in [1.807, 2.05) is 0 Å². The molecule has 0 saturated heterocycles. The van der Waals surface area contributed by atoms with Crippen molar-refractivity contribution < 1.29 is 0 Å². The monoisotopic (exact) mass is 356 g/mol. The van der Waals surface area contributed by atoms with Crippen molar-refractivity contribution >= 4 is 27.0 Å². The molecular formula is C17H22Te. The van der Waals surface area contributed by atoms with Crippen LogP contribution in [0.25, 0.3) is 6.08 Å². The van der Waals surface area contributed by atoms with E-state index in [9.17, 15) is 0 Å². The molecule has 1 aromatic rings. The molecule has 0 N–H and O–H groups in total. The third-order valence-corrected chi connectivity index (χ3v) is 7.99. The summed E-state index contributed by atoms with van der Waals surface area (Å²) in [5.74, 6) is 0. The first kappa shape index (κ1) is 13.9. The standard InChI is InChI=1S/C17H22Te/c1-12(2)10-15-14-9-7-6-8-13(14)11-16(18-15)17(3,4)5/h6-9,11,15H,1,10H2,2-5H3. The summed E-state index contributed by atoms with van der Waals surface area (Å²) < 4.78 is 2.43. The summed E-state index contributed by atoms with van der Waals surface area (Å²) >= 11 is -0.130. The molecule has 1 heterocycles. The van der Waals surface area contributed by atoms with Crippen LogP contribution in [0.1, 0.15) is 49.2 Å². The van der Waals surface area contributed by atoms with Gasteiger partial charge in [-0.05, 0) is 0 Å². The van der Waals surface area contributed by atoms with E-state index < -0.39 is 0 Å². The third kappa shape index (κ3) is 3.08. The van der Waals surface area contributed by atoms with E-state index in [1.54, 1.807) is 9.18 Å². The zero-order valence-electron chi connectivity index (χ0n) is 11.8. The number of allylic oxidation sites excluding steroid dienone is 2. The molecule has 1 heteroatoms. The number of hydrogen-bond acceptors (Lipinski definition) is 0. The summed E-state index contributed by atoms with van der Waals surface area (Å²) in [6.45, 7) is 13.3. The molecule has 0 amide bonds. The topological polar surface area (TPSA) is 0 Å². The Morgan fingerprint density at radius 1 is 1.28 bits per heavy atom. The molecule has 2 rings (SSSR count). The second-order valence-electron chi connectivity index (χ2n) is 6.16. The Kier molecular flexibility index (Phi) is 4.05. The molecule has 0 nitrogen and oxygen atoms in total. The third-order valence-electron chi connectivity index (χ3n) is 3.17. The zero-order chi connectivity index (χ0) is 13.3. The fourth-order valence-corrected chi connectivity index (χ4v) is 6.65. The van der Waals surface area contributed by atoms with E-state index in [4.69, 9.17) is 0 Å². The summed E-state index contributed by atoms with van der Waals surface area (Å²) in [6.07, 6.45) is 3.61. The first-order chi connectivity index (χ1) is 8.38. The first-order valence-electron chi connectivity index (χ1n) is 6.50. The molecule has 0 aromatic heterocycles. The molecule has 1 aliphatic rings. The summed E-state index contributed by atoms with van der Waals surface area (Å²) in [5, 5.41) is 0. The van der Waals surface area contributed by atoms with Gasteiger partial charge in [-0.3, -0.25) is 0 Å². The van der Waals surface area contributed by atoms with Crippen LogP contribution in [-0.4, -0.2) is 20.9 Å². The molecule has 18 heavy (non-hydrogen) atoms. The van der Waals surface area contributed by atoms with Crippen LogP contribution >= 0.6 is 0 Å². The second-order valence-corrected chi connectivity index (χ2v) is 9.71. The Balaban J connectivity index is 2.42. The van der Waals surface area contributed by atoms with Gasteiger partial charge in [0.15, 0.2) is 0 Å². The van der Waals surface area contributed by atoms with Gasteiger partial charge < -0.3 is 0 Å². The Labute approximate surface area is 121 Å². The fourth-order valence-electron chi connectivity index (χ4n) is 2.19. The maximum atomic E-state index is 4.11. The predicted molar refractivity (Wildman–Crippen MR) is 81.8 cm³/mol. The van der Waals surface area contributed by atoms with Gasteiger partial charge in [0, 0.05) is 0 Å². The molecule has 0 radical (unpaired) electrons. The van der Waals surface area contributed by atoms with Crippen LogP contribution in [-0.2, 0) is 0 Å². The van der Waals surface area contributed by atoms with Crippen LogP contribution in [0, 0.1) is 5.41 Å². The molecule has 0 saturated carbocycles. The van der Waals surface area contributed by atoms with Crippen molar-refractivity contribution in [2.24, 2.45) is 5.41 Å². The van der Waals surface area contributed by atoms with Gasteiger partial charge in [-0.25, -0.2) is 0 Å². The Hall–Kier alpha value is -0.510. The summed E-state index contributed by atoms with van der Waals surface area (Å²) in [5.41, 5.74) is 4.62. The average Bonchev–Trinajstić information content (AvgIpc) is 2.27. The van der Waals surface area contributed by atoms with Gasteiger partial charge in [-0.15, -0.1) is 0 Å². The molecular weight excluding hydrogens is 332 g/mol. The van der Waals surface area contributed by atoms with Crippen molar-refractivity contribution in [1.82, 2.24) is 0 Å². The predicted octanol–water partition coefficient (Wildman–Crippen LogP) is 4.80. The van der Waals surface area contributed by atoms with Gasteiger partial charge in [-0.1, -0.05) is 0 Å². The zero-order valence-corrected chi connectivity index (χ0v) is 14.1. The van der Waals surface area contributed by atoms with Gasteiger partial charge in [0.2, 0.25) is 0 Å². The normalized spacial score (nSPS) is 19.1. The minimum atomic E-state index is -0.130. The first-order valence-corrected chi connectivity index (χ1v) is 9.01. The minimum absolute atomic E-state index is 0.130. The van der Waals surface area contributed by atoms with Crippen molar-refractivity contribution in [3.05, 3.63) is 51.2 Å². The molecule has 0 bridgehead atoms. The van der Waals surface area contributed by atoms with Gasteiger partial charge in [-0.2, -0.15) is 0 Å². The van der Waals surface area contributed by atoms with Crippen LogP contribution < -0.4 is 0 Å². The maximum absolute atomic E-state index is 4.11. The molecule has 1 aliphatic heterocycles. The molecule has 0 spiro atoms. The van der Waals surface area contributed by atoms with E-state index in [-0.39, 0.29) is 20.9 Å². The van der Waals surface area contributed by atoms with Gasteiger partial charge in [0.25, 0.3) is 0 Å². The average molecular weight is 354 g/mol. The van der Waals surface area contributed by atoms with E-state index >= 15 is 0 Å². The molecule has 0 fully saturated rings. The summed E-state index contributed by atoms with van der Waals surface area (Å²) in [7, 11) is 0. The van der Waals surface area contributed by atoms with E-state index in [2.05, 4.69) is 64.6 Å². The van der Waals surface area contributed by atoms with Crippen molar-refractivity contribution in [2.75, 3.05) is 0 Å². The summed E-state index contributed by atoms with van der Waals surface area (Å²) in [6, 6.07) is 8.90. The van der Waals surface area contributed by atoms with E-state index in [1.165, 1.54) is 11.1 Å². The Bertz CT molecular complexity index is 489. The van der Waals surface area contributed by atoms with E-state index in [0.29, 0.717) is 5.41 Å². The quantitative estimate of drug-likeness (QED) is 0.529. The molecule has 1 atom stereocenters. The number of hydrogen-bond donors (Lipinski definition) is 0. The van der Waals surface area contributed by atoms with Crippen LogP contribution in [0.15, 0.2) is 40.0 Å². The molecule has 1 aromatic carbocycles. The molecule has 1 unspecified atom stereocenters. The fraction of sp³-hybridized carbons (Fsp3) is 0.412. The number of rotatable bonds is 2. The van der Waals surface area contributed by atoms with Gasteiger partial charge in [0.1, 0.15) is 0 Å². The van der Waals surface area contributed by atoms with Gasteiger partial charge in [0.05, 0.1) is 0 Å². The van der Waals surface area contributed by atoms with Crippen LogP contribution in [0.5, 0.6) is 0 Å². The summed E-state index contributed by atoms with van der Waals surface area (Å²) in [4.78, 5) is 0. The van der Waals surface area contributed by atoms with Crippen molar-refractivity contribution in [2.45, 2.75) is 38.1 Å². The number of benzene rings is 1. The second kappa shape index (κ2) is 5.24. The van der Waals surface area contributed by atoms with Crippen LogP contribution in [0.2, 0.25) is 0 Å². The van der Waals surface area contributed by atoms with Crippen molar-refractivity contribution in [3.63, 3.8) is 0 Å². The molecule has 96 valence electrons. The molecule has 0 aliphatic carbocycles. The SMILES string of the molecule is C=C(C)CC1[Te]C(C(C)(C)C)=Cc2ccccc21. The number of fused-ring (bicyclic) bond motifs is 1. The Morgan fingerprint density at radius 3 is 2.56 bits per heavy atom. The van der Waals surface area contributed by atoms with Crippen molar-refractivity contribution in [3.8, 4) is 0 Å².